The van der Waals surface area contributed by atoms with E-state index in [2.05, 4.69) is 31.3 Å². The number of nitrogens with one attached hydrogen (secondary N) is 1. The topological polar surface area (TPSA) is 38.3 Å². The second-order valence-corrected chi connectivity index (χ2v) is 6.39. The van der Waals surface area contributed by atoms with E-state index >= 15 is 0 Å². The molecule has 0 bridgehead atoms. The van der Waals surface area contributed by atoms with Crippen LogP contribution < -0.4 is 5.32 Å². The normalized spacial score (nSPS) is 22.1. The highest BCUT2D eigenvalue weighted by molar-refractivity contribution is 5.97. The van der Waals surface area contributed by atoms with Crippen LogP contribution in [-0.2, 0) is 4.74 Å². The summed E-state index contributed by atoms with van der Waals surface area (Å²) in [5.41, 5.74) is 4.16. The summed E-state index contributed by atoms with van der Waals surface area (Å²) in [5.74, 6) is 0.736. The van der Waals surface area contributed by atoms with Crippen molar-refractivity contribution in [3.63, 3.8) is 0 Å². The van der Waals surface area contributed by atoms with Crippen molar-refractivity contribution < 1.29 is 9.53 Å². The molecule has 116 valence electrons. The molecular weight excluding hydrogens is 262 g/mol. The zero-order chi connectivity index (χ0) is 15.4. The molecule has 1 saturated heterocycles. The van der Waals surface area contributed by atoms with E-state index in [9.17, 15) is 4.79 Å². The molecule has 0 radical (unpaired) electrons. The molecule has 1 fully saturated rings. The van der Waals surface area contributed by atoms with E-state index in [1.807, 2.05) is 13.8 Å². The van der Waals surface area contributed by atoms with Crippen molar-refractivity contribution in [2.45, 2.75) is 53.1 Å². The second-order valence-electron chi connectivity index (χ2n) is 6.39. The van der Waals surface area contributed by atoms with Gasteiger partial charge in [0.25, 0.3) is 5.91 Å². The standard InChI is InChI=1S/C18H27NO2/c1-12-9-13(2)17(14(3)10-12)18(20)19-7-5-16-6-8-21-15(4)11-16/h9-10,15-16H,5-8,11H2,1-4H3,(H,19,20)/t15-,16+/m1/s1. The van der Waals surface area contributed by atoms with Gasteiger partial charge in [-0.05, 0) is 64.0 Å². The van der Waals surface area contributed by atoms with Crippen LogP contribution in [0.15, 0.2) is 12.1 Å². The summed E-state index contributed by atoms with van der Waals surface area (Å²) in [6.45, 7) is 9.82. The molecule has 2 atom stereocenters. The number of benzene rings is 1. The van der Waals surface area contributed by atoms with Gasteiger partial charge in [0.05, 0.1) is 6.10 Å². The number of rotatable bonds is 4. The van der Waals surface area contributed by atoms with Crippen molar-refractivity contribution in [3.05, 3.63) is 34.4 Å². The van der Waals surface area contributed by atoms with Crippen molar-refractivity contribution in [2.24, 2.45) is 5.92 Å². The van der Waals surface area contributed by atoms with Crippen LogP contribution in [0.1, 0.15) is 53.2 Å². The summed E-state index contributed by atoms with van der Waals surface area (Å²) in [6, 6.07) is 4.14. The minimum atomic E-state index is 0.0603. The lowest BCUT2D eigenvalue weighted by atomic mass is 9.93. The van der Waals surface area contributed by atoms with Crippen LogP contribution in [0, 0.1) is 26.7 Å². The Morgan fingerprint density at radius 2 is 1.95 bits per heavy atom. The zero-order valence-corrected chi connectivity index (χ0v) is 13.7. The first kappa shape index (κ1) is 16.0. The maximum atomic E-state index is 12.4. The molecule has 1 aromatic rings. The maximum absolute atomic E-state index is 12.4. The molecule has 1 N–H and O–H groups in total. The fraction of sp³-hybridized carbons (Fsp3) is 0.611. The summed E-state index contributed by atoms with van der Waals surface area (Å²) in [7, 11) is 0. The van der Waals surface area contributed by atoms with Crippen molar-refractivity contribution in [2.75, 3.05) is 13.2 Å². The van der Waals surface area contributed by atoms with Crippen molar-refractivity contribution >= 4 is 5.91 Å². The van der Waals surface area contributed by atoms with E-state index in [4.69, 9.17) is 4.74 Å². The van der Waals surface area contributed by atoms with Gasteiger partial charge >= 0.3 is 0 Å². The fourth-order valence-corrected chi connectivity index (χ4v) is 3.37. The third kappa shape index (κ3) is 4.31. The molecule has 0 unspecified atom stereocenters. The third-order valence-electron chi connectivity index (χ3n) is 4.34. The Hall–Kier alpha value is -1.35. The highest BCUT2D eigenvalue weighted by Crippen LogP contribution is 2.22. The van der Waals surface area contributed by atoms with Gasteiger partial charge in [-0.2, -0.15) is 0 Å². The molecule has 1 heterocycles. The van der Waals surface area contributed by atoms with Gasteiger partial charge in [-0.25, -0.2) is 0 Å². The first-order valence-corrected chi connectivity index (χ1v) is 7.95. The van der Waals surface area contributed by atoms with Gasteiger partial charge in [-0.3, -0.25) is 4.79 Å². The lowest BCUT2D eigenvalue weighted by Gasteiger charge is -2.27. The minimum absolute atomic E-state index is 0.0603. The largest absolute Gasteiger partial charge is 0.378 e. The van der Waals surface area contributed by atoms with Crippen LogP contribution in [0.3, 0.4) is 0 Å². The number of hydrogen-bond acceptors (Lipinski definition) is 2. The van der Waals surface area contributed by atoms with Gasteiger partial charge in [0.2, 0.25) is 0 Å². The molecule has 0 aliphatic carbocycles. The number of ether oxygens (including phenoxy) is 1. The second kappa shape index (κ2) is 7.08. The number of carbonyl (C=O) groups is 1. The van der Waals surface area contributed by atoms with Crippen LogP contribution in [0.25, 0.3) is 0 Å². The Morgan fingerprint density at radius 3 is 2.57 bits per heavy atom. The highest BCUT2D eigenvalue weighted by Gasteiger charge is 2.19. The van der Waals surface area contributed by atoms with E-state index in [-0.39, 0.29) is 5.91 Å². The lowest BCUT2D eigenvalue weighted by molar-refractivity contribution is 0.00109. The van der Waals surface area contributed by atoms with Crippen LogP contribution in [-0.4, -0.2) is 25.2 Å². The summed E-state index contributed by atoms with van der Waals surface area (Å²) in [5, 5.41) is 3.08. The summed E-state index contributed by atoms with van der Waals surface area (Å²) in [6.07, 6.45) is 3.63. The van der Waals surface area contributed by atoms with Gasteiger partial charge in [-0.1, -0.05) is 17.7 Å². The molecular formula is C18H27NO2. The molecule has 1 aliphatic rings. The SMILES string of the molecule is Cc1cc(C)c(C(=O)NCC[C@H]2CCO[C@H](C)C2)c(C)c1. The van der Waals surface area contributed by atoms with Crippen molar-refractivity contribution in [1.82, 2.24) is 5.32 Å². The fourth-order valence-electron chi connectivity index (χ4n) is 3.37. The summed E-state index contributed by atoms with van der Waals surface area (Å²) >= 11 is 0. The number of carbonyl (C=O) groups excluding carboxylic acids is 1. The van der Waals surface area contributed by atoms with Gasteiger partial charge in [0.1, 0.15) is 0 Å². The van der Waals surface area contributed by atoms with E-state index in [1.54, 1.807) is 0 Å². The van der Waals surface area contributed by atoms with Gasteiger partial charge < -0.3 is 10.1 Å². The predicted octanol–water partition coefficient (Wildman–Crippen LogP) is 3.55. The molecule has 21 heavy (non-hydrogen) atoms. The van der Waals surface area contributed by atoms with Crippen LogP contribution >= 0.6 is 0 Å². The molecule has 0 saturated carbocycles. The first-order valence-electron chi connectivity index (χ1n) is 7.95. The Balaban J connectivity index is 1.87. The molecule has 0 aromatic heterocycles. The number of amides is 1. The average molecular weight is 289 g/mol. The third-order valence-corrected chi connectivity index (χ3v) is 4.34. The Morgan fingerprint density at radius 1 is 1.29 bits per heavy atom. The summed E-state index contributed by atoms with van der Waals surface area (Å²) < 4.78 is 5.56. The summed E-state index contributed by atoms with van der Waals surface area (Å²) in [4.78, 5) is 12.4. The Bertz CT molecular complexity index is 487. The van der Waals surface area contributed by atoms with Crippen LogP contribution in [0.4, 0.5) is 0 Å². The number of hydrogen-bond donors (Lipinski definition) is 1. The molecule has 0 spiro atoms. The van der Waals surface area contributed by atoms with Crippen molar-refractivity contribution in [3.8, 4) is 0 Å². The van der Waals surface area contributed by atoms with Gasteiger partial charge in [0.15, 0.2) is 0 Å². The van der Waals surface area contributed by atoms with Crippen LogP contribution in [0.2, 0.25) is 0 Å². The Labute approximate surface area is 128 Å². The first-order chi connectivity index (χ1) is 9.97. The highest BCUT2D eigenvalue weighted by atomic mass is 16.5. The van der Waals surface area contributed by atoms with Crippen molar-refractivity contribution in [1.29, 1.82) is 0 Å². The monoisotopic (exact) mass is 289 g/mol. The quantitative estimate of drug-likeness (QED) is 0.920. The molecule has 3 heteroatoms. The molecule has 1 amide bonds. The molecule has 2 rings (SSSR count). The van der Waals surface area contributed by atoms with Gasteiger partial charge in [-0.15, -0.1) is 0 Å². The minimum Gasteiger partial charge on any atom is -0.378 e. The molecule has 1 aromatic carbocycles. The van der Waals surface area contributed by atoms with E-state index in [0.717, 1.165) is 49.1 Å². The smallest absolute Gasteiger partial charge is 0.251 e. The van der Waals surface area contributed by atoms with E-state index in [1.165, 1.54) is 5.56 Å². The van der Waals surface area contributed by atoms with E-state index in [0.29, 0.717) is 12.0 Å². The van der Waals surface area contributed by atoms with E-state index < -0.39 is 0 Å². The maximum Gasteiger partial charge on any atom is 0.251 e. The van der Waals surface area contributed by atoms with Crippen LogP contribution in [0.5, 0.6) is 0 Å². The number of aryl methyl sites for hydroxylation is 3. The average Bonchev–Trinajstić information content (AvgIpc) is 2.37. The predicted molar refractivity (Wildman–Crippen MR) is 85.7 cm³/mol. The molecule has 1 aliphatic heterocycles. The van der Waals surface area contributed by atoms with Gasteiger partial charge in [0, 0.05) is 18.7 Å². The lowest BCUT2D eigenvalue weighted by Crippen LogP contribution is -2.30. The Kier molecular flexibility index (Phi) is 5.40. The zero-order valence-electron chi connectivity index (χ0n) is 13.7. The molecule has 3 nitrogen and oxygen atoms in total.